The number of amides is 2. The van der Waals surface area contributed by atoms with Crippen molar-refractivity contribution >= 4 is 23.4 Å². The summed E-state index contributed by atoms with van der Waals surface area (Å²) in [6, 6.07) is 25.7. The summed E-state index contributed by atoms with van der Waals surface area (Å²) >= 11 is 0. The lowest BCUT2D eigenvalue weighted by Crippen LogP contribution is -2.20. The van der Waals surface area contributed by atoms with Gasteiger partial charge in [-0.1, -0.05) is 66.7 Å². The number of benzene rings is 4. The quantitative estimate of drug-likeness (QED) is 0.200. The van der Waals surface area contributed by atoms with Crippen LogP contribution in [-0.4, -0.2) is 22.2 Å². The number of carboxylic acids is 1. The molecule has 0 bridgehead atoms. The fourth-order valence-electron chi connectivity index (χ4n) is 4.09. The molecule has 0 spiro atoms. The molecule has 2 unspecified atom stereocenters. The normalized spacial score (nSPS) is 12.4. The van der Waals surface area contributed by atoms with Gasteiger partial charge in [-0.3, -0.25) is 4.79 Å². The maximum atomic E-state index is 13.7. The van der Waals surface area contributed by atoms with Crippen molar-refractivity contribution in [2.75, 3.05) is 10.6 Å². The standard InChI is InChI=1S/C30H26F2N2O4/c31-24-12-15-27(26(32)18-24)34-30(38)33-25-13-10-21(11-14-25)20-6-8-22(9-7-20)28(35)17-23(29(36)37)16-19-4-2-1-3-5-19/h1-15,18,23,28,35H,16-17H2,(H,36,37)(H2,33,34,38). The first-order valence-corrected chi connectivity index (χ1v) is 12.0. The Morgan fingerprint density at radius 2 is 1.42 bits per heavy atom. The molecule has 4 aromatic rings. The first kappa shape index (κ1) is 26.5. The largest absolute Gasteiger partial charge is 0.481 e. The van der Waals surface area contributed by atoms with E-state index in [-0.39, 0.29) is 12.1 Å². The van der Waals surface area contributed by atoms with E-state index >= 15 is 0 Å². The smallest absolute Gasteiger partial charge is 0.323 e. The SMILES string of the molecule is O=C(Nc1ccc(-c2ccc(C(O)CC(Cc3ccccc3)C(=O)O)cc2)cc1)Nc1ccc(F)cc1F. The van der Waals surface area contributed by atoms with E-state index in [2.05, 4.69) is 10.6 Å². The van der Waals surface area contributed by atoms with Crippen molar-refractivity contribution in [1.82, 2.24) is 0 Å². The van der Waals surface area contributed by atoms with Crippen molar-refractivity contribution in [3.8, 4) is 11.1 Å². The fraction of sp³-hybridized carbons (Fsp3) is 0.133. The summed E-state index contributed by atoms with van der Waals surface area (Å²) in [7, 11) is 0. The highest BCUT2D eigenvalue weighted by Gasteiger charge is 2.23. The highest BCUT2D eigenvalue weighted by molar-refractivity contribution is 5.99. The second-order valence-corrected chi connectivity index (χ2v) is 8.88. The molecular formula is C30H26F2N2O4. The molecule has 4 rings (SSSR count). The minimum Gasteiger partial charge on any atom is -0.481 e. The highest BCUT2D eigenvalue weighted by atomic mass is 19.1. The van der Waals surface area contributed by atoms with E-state index in [1.165, 1.54) is 0 Å². The first-order valence-electron chi connectivity index (χ1n) is 12.0. The fourth-order valence-corrected chi connectivity index (χ4v) is 4.09. The monoisotopic (exact) mass is 516 g/mol. The van der Waals surface area contributed by atoms with Crippen molar-refractivity contribution in [3.05, 3.63) is 120 Å². The van der Waals surface area contributed by atoms with Gasteiger partial charge in [0.2, 0.25) is 0 Å². The molecule has 2 amide bonds. The van der Waals surface area contributed by atoms with Crippen molar-refractivity contribution in [3.63, 3.8) is 0 Å². The summed E-state index contributed by atoms with van der Waals surface area (Å²) in [5.74, 6) is -3.28. The molecule has 0 fully saturated rings. The third-order valence-electron chi connectivity index (χ3n) is 6.13. The second-order valence-electron chi connectivity index (χ2n) is 8.88. The van der Waals surface area contributed by atoms with Crippen LogP contribution < -0.4 is 10.6 Å². The molecule has 0 radical (unpaired) electrons. The third kappa shape index (κ3) is 7.02. The molecular weight excluding hydrogens is 490 g/mol. The number of halogens is 2. The van der Waals surface area contributed by atoms with Crippen LogP contribution in [0.1, 0.15) is 23.7 Å². The van der Waals surface area contributed by atoms with Gasteiger partial charge in [-0.25, -0.2) is 13.6 Å². The maximum absolute atomic E-state index is 13.7. The van der Waals surface area contributed by atoms with Gasteiger partial charge in [0.25, 0.3) is 0 Å². The minimum absolute atomic E-state index is 0.0911. The molecule has 38 heavy (non-hydrogen) atoms. The Balaban J connectivity index is 1.35. The van der Waals surface area contributed by atoms with Crippen LogP contribution in [0.25, 0.3) is 11.1 Å². The van der Waals surface area contributed by atoms with Crippen LogP contribution >= 0.6 is 0 Å². The van der Waals surface area contributed by atoms with Gasteiger partial charge in [0.1, 0.15) is 11.6 Å². The molecule has 2 atom stereocenters. The minimum atomic E-state index is -0.949. The first-order chi connectivity index (χ1) is 18.3. The van der Waals surface area contributed by atoms with E-state index in [0.717, 1.165) is 28.8 Å². The van der Waals surface area contributed by atoms with Crippen LogP contribution in [0, 0.1) is 17.6 Å². The molecule has 0 aliphatic heterocycles. The van der Waals surface area contributed by atoms with E-state index in [4.69, 9.17) is 0 Å². The average Bonchev–Trinajstić information content (AvgIpc) is 2.91. The number of rotatable bonds is 9. The Hall–Kier alpha value is -4.56. The summed E-state index contributed by atoms with van der Waals surface area (Å²) in [4.78, 5) is 23.9. The Morgan fingerprint density at radius 3 is 2.03 bits per heavy atom. The number of carbonyl (C=O) groups excluding carboxylic acids is 1. The Kier molecular flexibility index (Phi) is 8.45. The number of nitrogens with one attached hydrogen (secondary N) is 2. The molecule has 4 aromatic carbocycles. The van der Waals surface area contributed by atoms with Crippen LogP contribution in [0.2, 0.25) is 0 Å². The number of aliphatic hydroxyl groups excluding tert-OH is 1. The van der Waals surface area contributed by atoms with Gasteiger partial charge in [0.15, 0.2) is 0 Å². The van der Waals surface area contributed by atoms with Crippen molar-refractivity contribution in [2.24, 2.45) is 5.92 Å². The second kappa shape index (κ2) is 12.1. The molecule has 6 nitrogen and oxygen atoms in total. The van der Waals surface area contributed by atoms with Crippen molar-refractivity contribution in [2.45, 2.75) is 18.9 Å². The lowest BCUT2D eigenvalue weighted by atomic mass is 9.91. The molecule has 0 saturated carbocycles. The maximum Gasteiger partial charge on any atom is 0.323 e. The average molecular weight is 517 g/mol. The Labute approximate surface area is 218 Å². The van der Waals surface area contributed by atoms with Crippen LogP contribution in [0.3, 0.4) is 0 Å². The molecule has 0 aromatic heterocycles. The van der Waals surface area contributed by atoms with Gasteiger partial charge in [-0.05, 0) is 59.4 Å². The molecule has 194 valence electrons. The summed E-state index contributed by atoms with van der Waals surface area (Å²) in [5.41, 5.74) is 3.58. The molecule has 8 heteroatoms. The molecule has 0 aliphatic rings. The number of urea groups is 1. The lowest BCUT2D eigenvalue weighted by molar-refractivity contribution is -0.142. The number of anilines is 2. The summed E-state index contributed by atoms with van der Waals surface area (Å²) in [6.07, 6.45) is -0.499. The van der Waals surface area contributed by atoms with E-state index < -0.39 is 35.7 Å². The van der Waals surface area contributed by atoms with E-state index in [1.54, 1.807) is 36.4 Å². The van der Waals surface area contributed by atoms with Gasteiger partial charge in [-0.15, -0.1) is 0 Å². The molecule has 0 aliphatic carbocycles. The summed E-state index contributed by atoms with van der Waals surface area (Å²) in [5, 5.41) is 25.2. The Bertz CT molecular complexity index is 1390. The zero-order valence-corrected chi connectivity index (χ0v) is 20.3. The van der Waals surface area contributed by atoms with Crippen molar-refractivity contribution < 1.29 is 28.6 Å². The number of aliphatic carboxylic acids is 1. The summed E-state index contributed by atoms with van der Waals surface area (Å²) < 4.78 is 26.8. The van der Waals surface area contributed by atoms with Crippen LogP contribution in [-0.2, 0) is 11.2 Å². The molecule has 0 heterocycles. The number of carboxylic acid groups (broad SMARTS) is 1. The molecule has 0 saturated heterocycles. The van der Waals surface area contributed by atoms with Gasteiger partial charge in [0.05, 0.1) is 17.7 Å². The zero-order valence-electron chi connectivity index (χ0n) is 20.3. The molecule has 4 N–H and O–H groups in total. The summed E-state index contributed by atoms with van der Waals surface area (Å²) in [6.45, 7) is 0. The van der Waals surface area contributed by atoms with E-state index in [1.807, 2.05) is 42.5 Å². The van der Waals surface area contributed by atoms with Crippen LogP contribution in [0.5, 0.6) is 0 Å². The van der Waals surface area contributed by atoms with Gasteiger partial charge >= 0.3 is 12.0 Å². The number of aliphatic hydroxyl groups is 1. The zero-order chi connectivity index (χ0) is 27.1. The number of hydrogen-bond donors (Lipinski definition) is 4. The van der Waals surface area contributed by atoms with Crippen LogP contribution in [0.15, 0.2) is 97.1 Å². The number of hydrogen-bond acceptors (Lipinski definition) is 3. The van der Waals surface area contributed by atoms with E-state index in [9.17, 15) is 28.6 Å². The highest BCUT2D eigenvalue weighted by Crippen LogP contribution is 2.28. The predicted octanol–water partition coefficient (Wildman–Crippen LogP) is 6.64. The van der Waals surface area contributed by atoms with Gasteiger partial charge in [0, 0.05) is 11.8 Å². The van der Waals surface area contributed by atoms with Gasteiger partial charge < -0.3 is 20.8 Å². The van der Waals surface area contributed by atoms with Crippen molar-refractivity contribution in [1.29, 1.82) is 0 Å². The lowest BCUT2D eigenvalue weighted by Gasteiger charge is -2.18. The third-order valence-corrected chi connectivity index (χ3v) is 6.13. The number of carbonyl (C=O) groups is 2. The van der Waals surface area contributed by atoms with E-state index in [0.29, 0.717) is 23.7 Å². The predicted molar refractivity (Wildman–Crippen MR) is 142 cm³/mol. The van der Waals surface area contributed by atoms with Crippen LogP contribution in [0.4, 0.5) is 25.0 Å². The topological polar surface area (TPSA) is 98.7 Å². The Morgan fingerprint density at radius 1 is 0.789 bits per heavy atom. The van der Waals surface area contributed by atoms with Gasteiger partial charge in [-0.2, -0.15) is 0 Å².